The Morgan fingerprint density at radius 3 is 2.48 bits per heavy atom. The van der Waals surface area contributed by atoms with Crippen molar-refractivity contribution in [3.05, 3.63) is 102 Å². The number of carbonyl (C=O) groups is 1. The van der Waals surface area contributed by atoms with Gasteiger partial charge in [0.2, 0.25) is 0 Å². The maximum Gasteiger partial charge on any atom is 0.270 e. The Kier molecular flexibility index (Phi) is 7.14. The van der Waals surface area contributed by atoms with Crippen LogP contribution in [0.1, 0.15) is 11.1 Å². The Morgan fingerprint density at radius 1 is 1.15 bits per heavy atom. The van der Waals surface area contributed by atoms with Gasteiger partial charge in [0.15, 0.2) is 10.1 Å². The molecule has 1 aliphatic heterocycles. The maximum atomic E-state index is 12.9. The molecule has 3 aromatic carbocycles. The Bertz CT molecular complexity index is 1260. The number of thioether (sulfide) groups is 1. The van der Waals surface area contributed by atoms with E-state index in [1.807, 2.05) is 30.3 Å². The summed E-state index contributed by atoms with van der Waals surface area (Å²) in [5.41, 5.74) is 2.21. The lowest BCUT2D eigenvalue weighted by atomic mass is 10.2. The summed E-state index contributed by atoms with van der Waals surface area (Å²) in [5, 5.41) is 11.1. The first-order valence-corrected chi connectivity index (χ1v) is 11.9. The fourth-order valence-electron chi connectivity index (χ4n) is 3.09. The van der Waals surface area contributed by atoms with Crippen molar-refractivity contribution in [1.29, 1.82) is 0 Å². The van der Waals surface area contributed by atoms with Crippen LogP contribution in [0, 0.1) is 10.1 Å². The zero-order valence-electron chi connectivity index (χ0n) is 16.7. The first-order valence-electron chi connectivity index (χ1n) is 9.51. The minimum Gasteiger partial charge on any atom is -0.486 e. The molecule has 1 saturated heterocycles. The van der Waals surface area contributed by atoms with Gasteiger partial charge in [-0.15, -0.1) is 0 Å². The lowest BCUT2D eigenvalue weighted by Crippen LogP contribution is -2.27. The van der Waals surface area contributed by atoms with Gasteiger partial charge in [-0.25, -0.2) is 0 Å². The lowest BCUT2D eigenvalue weighted by molar-refractivity contribution is -0.384. The first kappa shape index (κ1) is 23.4. The fraction of sp³-hybridized carbons (Fsp3) is 0.0435. The highest BCUT2D eigenvalue weighted by atomic mass is 79.9. The van der Waals surface area contributed by atoms with Crippen LogP contribution in [0.25, 0.3) is 6.08 Å². The van der Waals surface area contributed by atoms with Crippen LogP contribution in [0.3, 0.4) is 0 Å². The topological polar surface area (TPSA) is 72.7 Å². The minimum absolute atomic E-state index is 0.0139. The predicted molar refractivity (Wildman–Crippen MR) is 139 cm³/mol. The Labute approximate surface area is 212 Å². The number of non-ortho nitro benzene ring substituents is 1. The van der Waals surface area contributed by atoms with E-state index in [2.05, 4.69) is 15.9 Å². The summed E-state index contributed by atoms with van der Waals surface area (Å²) < 4.78 is 6.90. The molecule has 1 amide bonds. The Hall–Kier alpha value is -2.72. The van der Waals surface area contributed by atoms with E-state index in [1.54, 1.807) is 30.3 Å². The van der Waals surface area contributed by atoms with Crippen molar-refractivity contribution in [3.8, 4) is 5.75 Å². The number of benzene rings is 3. The number of para-hydroxylation sites is 1. The largest absolute Gasteiger partial charge is 0.486 e. The van der Waals surface area contributed by atoms with Crippen LogP contribution >= 0.6 is 51.5 Å². The smallest absolute Gasteiger partial charge is 0.270 e. The molecule has 1 fully saturated rings. The third-order valence-electron chi connectivity index (χ3n) is 4.66. The van der Waals surface area contributed by atoms with E-state index < -0.39 is 4.92 Å². The second-order valence-electron chi connectivity index (χ2n) is 6.88. The summed E-state index contributed by atoms with van der Waals surface area (Å²) in [4.78, 5) is 25.2. The summed E-state index contributed by atoms with van der Waals surface area (Å²) in [5.74, 6) is 0.242. The van der Waals surface area contributed by atoms with Crippen molar-refractivity contribution in [2.24, 2.45) is 0 Å². The van der Waals surface area contributed by atoms with Crippen LogP contribution in [0.5, 0.6) is 5.75 Å². The van der Waals surface area contributed by atoms with E-state index in [-0.39, 0.29) is 18.2 Å². The van der Waals surface area contributed by atoms with Gasteiger partial charge in [0.05, 0.1) is 25.0 Å². The number of nitrogens with zero attached hydrogens (tertiary/aromatic N) is 2. The van der Waals surface area contributed by atoms with E-state index in [4.69, 9.17) is 28.6 Å². The van der Waals surface area contributed by atoms with Gasteiger partial charge >= 0.3 is 0 Å². The molecule has 0 radical (unpaired) electrons. The molecule has 6 nitrogen and oxygen atoms in total. The summed E-state index contributed by atoms with van der Waals surface area (Å²) in [6.45, 7) is 0.186. The van der Waals surface area contributed by atoms with Gasteiger partial charge in [-0.05, 0) is 69.5 Å². The van der Waals surface area contributed by atoms with Crippen molar-refractivity contribution in [2.45, 2.75) is 6.61 Å². The monoisotopic (exact) mass is 560 g/mol. The van der Waals surface area contributed by atoms with Gasteiger partial charge in [0.25, 0.3) is 11.6 Å². The van der Waals surface area contributed by atoms with Crippen LogP contribution in [-0.2, 0) is 11.4 Å². The zero-order valence-corrected chi connectivity index (χ0v) is 20.7. The van der Waals surface area contributed by atoms with Gasteiger partial charge in [0.1, 0.15) is 6.61 Å². The summed E-state index contributed by atoms with van der Waals surface area (Å²) in [6, 6.07) is 18.8. The van der Waals surface area contributed by atoms with Gasteiger partial charge in [-0.1, -0.05) is 53.8 Å². The summed E-state index contributed by atoms with van der Waals surface area (Å²) >= 11 is 16.5. The molecule has 0 N–H and O–H groups in total. The number of carbonyl (C=O) groups excluding carboxylic acids is 1. The van der Waals surface area contributed by atoms with Gasteiger partial charge < -0.3 is 4.74 Å². The highest BCUT2D eigenvalue weighted by molar-refractivity contribution is 9.10. The molecule has 0 aromatic heterocycles. The number of thiocarbonyl (C=S) groups is 1. The van der Waals surface area contributed by atoms with Crippen molar-refractivity contribution < 1.29 is 14.5 Å². The third kappa shape index (κ3) is 5.27. The first-order chi connectivity index (χ1) is 15.8. The Morgan fingerprint density at radius 2 is 1.85 bits per heavy atom. The van der Waals surface area contributed by atoms with Gasteiger partial charge in [0, 0.05) is 12.1 Å². The molecule has 0 aliphatic carbocycles. The zero-order chi connectivity index (χ0) is 23.5. The highest BCUT2D eigenvalue weighted by Gasteiger charge is 2.33. The Balaban J connectivity index is 1.51. The molecular formula is C23H14BrClN2O4S2. The van der Waals surface area contributed by atoms with Crippen LogP contribution in [0.4, 0.5) is 11.4 Å². The molecule has 10 heteroatoms. The molecule has 166 valence electrons. The molecule has 0 spiro atoms. The average Bonchev–Trinajstić information content (AvgIpc) is 3.06. The maximum absolute atomic E-state index is 12.9. The van der Waals surface area contributed by atoms with Crippen molar-refractivity contribution in [3.63, 3.8) is 0 Å². The summed E-state index contributed by atoms with van der Waals surface area (Å²) in [7, 11) is 0. The number of halogens is 2. The molecule has 1 heterocycles. The number of rotatable bonds is 6. The number of hydrogen-bond acceptors (Lipinski definition) is 6. The van der Waals surface area contributed by atoms with Crippen LogP contribution < -0.4 is 9.64 Å². The van der Waals surface area contributed by atoms with Crippen molar-refractivity contribution >= 4 is 79.2 Å². The highest BCUT2D eigenvalue weighted by Crippen LogP contribution is 2.39. The minimum atomic E-state index is -0.454. The van der Waals surface area contributed by atoms with Gasteiger partial charge in [-0.2, -0.15) is 0 Å². The lowest BCUT2D eigenvalue weighted by Gasteiger charge is -2.14. The number of anilines is 1. The molecule has 0 bridgehead atoms. The van der Waals surface area contributed by atoms with Crippen LogP contribution in [-0.4, -0.2) is 15.2 Å². The number of nitro benzene ring substituents is 1. The number of nitro groups is 1. The molecule has 0 atom stereocenters. The van der Waals surface area contributed by atoms with Crippen molar-refractivity contribution in [2.75, 3.05) is 4.90 Å². The van der Waals surface area contributed by atoms with E-state index in [1.165, 1.54) is 28.8 Å². The fourth-order valence-corrected chi connectivity index (χ4v) is 5.38. The van der Waals surface area contributed by atoms with Gasteiger partial charge in [-0.3, -0.25) is 19.8 Å². The molecule has 3 aromatic rings. The SMILES string of the molecule is O=C1/C(=C\c2cc(Cl)c(OCc3ccc([N+](=O)[O-])cc3)c(Br)c2)SC(=S)N1c1ccccc1. The number of hydrogen-bond donors (Lipinski definition) is 0. The van der Waals surface area contributed by atoms with Crippen molar-refractivity contribution in [1.82, 2.24) is 0 Å². The van der Waals surface area contributed by atoms with E-state index in [0.29, 0.717) is 30.0 Å². The number of amides is 1. The molecule has 0 unspecified atom stereocenters. The molecule has 4 rings (SSSR count). The number of ether oxygens (including phenoxy) is 1. The molecular weight excluding hydrogens is 548 g/mol. The van der Waals surface area contributed by atoms with Crippen LogP contribution in [0.15, 0.2) is 76.1 Å². The molecule has 33 heavy (non-hydrogen) atoms. The third-order valence-corrected chi connectivity index (χ3v) is 6.83. The average molecular weight is 562 g/mol. The predicted octanol–water partition coefficient (Wildman–Crippen LogP) is 7.00. The van der Waals surface area contributed by atoms with E-state index >= 15 is 0 Å². The second-order valence-corrected chi connectivity index (χ2v) is 9.82. The molecule has 1 aliphatic rings. The molecule has 0 saturated carbocycles. The quantitative estimate of drug-likeness (QED) is 0.140. The van der Waals surface area contributed by atoms with E-state index in [0.717, 1.165) is 11.3 Å². The summed E-state index contributed by atoms with van der Waals surface area (Å²) in [6.07, 6.45) is 1.74. The van der Waals surface area contributed by atoms with E-state index in [9.17, 15) is 14.9 Å². The normalized spacial score (nSPS) is 14.7. The second kappa shape index (κ2) is 10.0. The van der Waals surface area contributed by atoms with Crippen LogP contribution in [0.2, 0.25) is 5.02 Å². The standard InChI is InChI=1S/C23H14BrClN2O4S2/c24-18-10-15(12-20-22(28)26(23(32)33-20)16-4-2-1-3-5-16)11-19(25)21(18)31-13-14-6-8-17(9-7-14)27(29)30/h1-12H,13H2/b20-12+.